The van der Waals surface area contributed by atoms with Gasteiger partial charge >= 0.3 is 0 Å². The Morgan fingerprint density at radius 3 is 2.78 bits per heavy atom. The zero-order chi connectivity index (χ0) is 17.5. The van der Waals surface area contributed by atoms with E-state index in [0.717, 1.165) is 22.9 Å². The lowest BCUT2D eigenvalue weighted by Crippen LogP contribution is -2.35. The molecule has 5 nitrogen and oxygen atoms in total. The zero-order valence-electron chi connectivity index (χ0n) is 14.9. The minimum atomic E-state index is 0.370. The van der Waals surface area contributed by atoms with E-state index in [4.69, 9.17) is 0 Å². The molecule has 3 heterocycles. The molecule has 3 N–H and O–H groups in total. The molecule has 5 atom stereocenters. The summed E-state index contributed by atoms with van der Waals surface area (Å²) in [6, 6.07) is 11.6. The number of nitrogens with one attached hydrogen (secondary N) is 3. The van der Waals surface area contributed by atoms with Crippen molar-refractivity contribution in [3.05, 3.63) is 53.9 Å². The molecule has 1 aliphatic heterocycles. The highest BCUT2D eigenvalue weighted by molar-refractivity contribution is 5.89. The van der Waals surface area contributed by atoms with Gasteiger partial charge in [-0.2, -0.15) is 10.2 Å². The van der Waals surface area contributed by atoms with Gasteiger partial charge in [-0.25, -0.2) is 0 Å². The van der Waals surface area contributed by atoms with Crippen LogP contribution in [-0.2, 0) is 0 Å². The van der Waals surface area contributed by atoms with Gasteiger partial charge in [-0.1, -0.05) is 12.1 Å². The van der Waals surface area contributed by atoms with Gasteiger partial charge in [-0.05, 0) is 72.3 Å². The summed E-state index contributed by atoms with van der Waals surface area (Å²) < 4.78 is 0. The number of aromatic nitrogens is 4. The topological polar surface area (TPSA) is 69.4 Å². The molecule has 0 spiro atoms. The van der Waals surface area contributed by atoms with E-state index in [0.29, 0.717) is 17.9 Å². The van der Waals surface area contributed by atoms with Crippen molar-refractivity contribution in [1.82, 2.24) is 20.4 Å². The first kappa shape index (κ1) is 14.3. The van der Waals surface area contributed by atoms with Gasteiger partial charge in [-0.3, -0.25) is 10.2 Å². The van der Waals surface area contributed by atoms with Crippen molar-refractivity contribution < 1.29 is 0 Å². The zero-order valence-corrected chi connectivity index (χ0v) is 14.9. The van der Waals surface area contributed by atoms with Crippen molar-refractivity contribution >= 4 is 27.5 Å². The molecule has 2 aliphatic carbocycles. The van der Waals surface area contributed by atoms with Crippen LogP contribution in [0.3, 0.4) is 0 Å². The van der Waals surface area contributed by atoms with Crippen LogP contribution < -0.4 is 5.32 Å². The lowest BCUT2D eigenvalue weighted by Gasteiger charge is -2.43. The van der Waals surface area contributed by atoms with Crippen molar-refractivity contribution in [3.63, 3.8) is 0 Å². The normalized spacial score (nSPS) is 31.2. The lowest BCUT2D eigenvalue weighted by atomic mass is 9.67. The van der Waals surface area contributed by atoms with E-state index in [1.807, 2.05) is 12.4 Å². The lowest BCUT2D eigenvalue weighted by molar-refractivity contribution is 0.249. The molecule has 5 heteroatoms. The Morgan fingerprint density at radius 1 is 0.889 bits per heavy atom. The number of fused-ring (bicyclic) bond motifs is 10. The van der Waals surface area contributed by atoms with Crippen molar-refractivity contribution in [2.24, 2.45) is 17.8 Å². The fourth-order valence-electron chi connectivity index (χ4n) is 6.49. The third kappa shape index (κ3) is 1.79. The fourth-order valence-corrected chi connectivity index (χ4v) is 6.49. The summed E-state index contributed by atoms with van der Waals surface area (Å²) in [7, 11) is 0. The Labute approximate surface area is 156 Å². The van der Waals surface area contributed by atoms with Crippen LogP contribution in [0.25, 0.3) is 21.8 Å². The molecule has 0 unspecified atom stereocenters. The number of aromatic amines is 2. The van der Waals surface area contributed by atoms with Crippen LogP contribution in [0.1, 0.15) is 42.3 Å². The highest BCUT2D eigenvalue weighted by atomic mass is 15.1. The summed E-state index contributed by atoms with van der Waals surface area (Å²) in [5.41, 5.74) is 6.48. The largest absolute Gasteiger partial charge is 0.378 e. The molecule has 2 bridgehead atoms. The fraction of sp³-hybridized carbons (Fsp3) is 0.364. The second-order valence-electron chi connectivity index (χ2n) is 8.63. The van der Waals surface area contributed by atoms with E-state index in [9.17, 15) is 0 Å². The highest BCUT2D eigenvalue weighted by Gasteiger charge is 2.54. The summed E-state index contributed by atoms with van der Waals surface area (Å²) in [4.78, 5) is 0. The Morgan fingerprint density at radius 2 is 1.78 bits per heavy atom. The molecule has 0 amide bonds. The van der Waals surface area contributed by atoms with E-state index in [2.05, 4.69) is 56.0 Å². The van der Waals surface area contributed by atoms with Crippen LogP contribution in [-0.4, -0.2) is 20.4 Å². The smallest absolute Gasteiger partial charge is 0.0654 e. The van der Waals surface area contributed by atoms with Crippen LogP contribution in [0.15, 0.2) is 42.7 Å². The molecule has 2 fully saturated rings. The molecular weight excluding hydrogens is 334 g/mol. The van der Waals surface area contributed by atoms with Crippen molar-refractivity contribution in [2.75, 3.05) is 5.32 Å². The van der Waals surface area contributed by atoms with Crippen LogP contribution in [0.4, 0.5) is 5.69 Å². The number of benzene rings is 2. The van der Waals surface area contributed by atoms with Crippen LogP contribution in [0.2, 0.25) is 0 Å². The summed E-state index contributed by atoms with van der Waals surface area (Å²) in [5, 5.41) is 21.3. The maximum Gasteiger partial charge on any atom is 0.0654 e. The van der Waals surface area contributed by atoms with Crippen LogP contribution in [0.5, 0.6) is 0 Å². The van der Waals surface area contributed by atoms with E-state index in [1.165, 1.54) is 46.8 Å². The average Bonchev–Trinajstić information content (AvgIpc) is 3.49. The first-order chi connectivity index (χ1) is 13.4. The first-order valence-corrected chi connectivity index (χ1v) is 10.0. The summed E-state index contributed by atoms with van der Waals surface area (Å²) in [6.07, 6.45) is 8.07. The number of anilines is 1. The second kappa shape index (κ2) is 4.91. The number of hydrogen-bond donors (Lipinski definition) is 3. The van der Waals surface area contributed by atoms with E-state index in [-0.39, 0.29) is 0 Å². The minimum absolute atomic E-state index is 0.370. The molecule has 2 aromatic heterocycles. The maximum absolute atomic E-state index is 4.33. The third-order valence-corrected chi connectivity index (χ3v) is 7.50. The predicted molar refractivity (Wildman–Crippen MR) is 106 cm³/mol. The summed E-state index contributed by atoms with van der Waals surface area (Å²) in [5.74, 6) is 2.95. The van der Waals surface area contributed by atoms with Gasteiger partial charge in [0.05, 0.1) is 29.5 Å². The standard InChI is InChI=1S/C22H21N5/c1-2-12-7-11(1)19-20(12)22(13-3-4-14-9-23-27-18(14)8-13)25-17-6-5-16-15(21(17)19)10-24-26-16/h3-6,8-12,19-20,22,25H,1-2,7H2,(H,23,27)(H,24,26)/t11-,12+,19+,20-,22+/m1/s1. The molecule has 2 aromatic carbocycles. The average molecular weight is 355 g/mol. The molecule has 4 aromatic rings. The molecule has 27 heavy (non-hydrogen) atoms. The van der Waals surface area contributed by atoms with Gasteiger partial charge in [0.25, 0.3) is 0 Å². The molecule has 134 valence electrons. The van der Waals surface area contributed by atoms with Gasteiger partial charge in [-0.15, -0.1) is 0 Å². The van der Waals surface area contributed by atoms with Gasteiger partial charge < -0.3 is 5.32 Å². The van der Waals surface area contributed by atoms with Crippen molar-refractivity contribution in [1.29, 1.82) is 0 Å². The van der Waals surface area contributed by atoms with Gasteiger partial charge in [0, 0.05) is 16.5 Å². The molecule has 2 saturated carbocycles. The first-order valence-electron chi connectivity index (χ1n) is 10.0. The Bertz CT molecular complexity index is 1190. The van der Waals surface area contributed by atoms with Gasteiger partial charge in [0.15, 0.2) is 0 Å². The molecule has 0 saturated heterocycles. The Hall–Kier alpha value is -2.82. The highest BCUT2D eigenvalue weighted by Crippen LogP contribution is 2.64. The van der Waals surface area contributed by atoms with E-state index >= 15 is 0 Å². The molecular formula is C22H21N5. The number of H-pyrrole nitrogens is 2. The summed E-state index contributed by atoms with van der Waals surface area (Å²) >= 11 is 0. The van der Waals surface area contributed by atoms with Crippen molar-refractivity contribution in [3.8, 4) is 0 Å². The Balaban J connectivity index is 1.44. The maximum atomic E-state index is 4.33. The van der Waals surface area contributed by atoms with Gasteiger partial charge in [0.1, 0.15) is 0 Å². The molecule has 0 radical (unpaired) electrons. The predicted octanol–water partition coefficient (Wildman–Crippen LogP) is 4.74. The van der Waals surface area contributed by atoms with Crippen molar-refractivity contribution in [2.45, 2.75) is 31.2 Å². The second-order valence-corrected chi connectivity index (χ2v) is 8.63. The monoisotopic (exact) mass is 355 g/mol. The van der Waals surface area contributed by atoms with E-state index < -0.39 is 0 Å². The van der Waals surface area contributed by atoms with E-state index in [1.54, 1.807) is 0 Å². The summed E-state index contributed by atoms with van der Waals surface area (Å²) in [6.45, 7) is 0. The van der Waals surface area contributed by atoms with Gasteiger partial charge in [0.2, 0.25) is 0 Å². The number of nitrogens with zero attached hydrogens (tertiary/aromatic N) is 2. The molecule has 7 rings (SSSR count). The Kier molecular flexibility index (Phi) is 2.60. The number of rotatable bonds is 1. The number of hydrogen-bond acceptors (Lipinski definition) is 3. The van der Waals surface area contributed by atoms with Crippen LogP contribution >= 0.6 is 0 Å². The SMILES string of the molecule is c1cc2cn[nH]c2cc1[C@@H]1Nc2ccc3[nH]ncc3c2[C@H]2[C@@H]3CC[C@@H](C3)[C@H]21. The quantitative estimate of drug-likeness (QED) is 0.462. The van der Waals surface area contributed by atoms with Crippen LogP contribution in [0, 0.1) is 17.8 Å². The molecule has 3 aliphatic rings. The minimum Gasteiger partial charge on any atom is -0.378 e. The third-order valence-electron chi connectivity index (χ3n) is 7.50.